The molecule has 4 heterocycles. The van der Waals surface area contributed by atoms with Gasteiger partial charge in [-0.2, -0.15) is 13.2 Å². The van der Waals surface area contributed by atoms with Gasteiger partial charge in [0.2, 0.25) is 18.6 Å². The van der Waals surface area contributed by atoms with Gasteiger partial charge in [0.25, 0.3) is 0 Å². The molecule has 7 rings (SSSR count). The number of aryl methyl sites for hydroxylation is 2. The van der Waals surface area contributed by atoms with Gasteiger partial charge in [0, 0.05) is 53.4 Å². The first kappa shape index (κ1) is 39.0. The lowest BCUT2D eigenvalue weighted by Gasteiger charge is -2.58. The van der Waals surface area contributed by atoms with Crippen molar-refractivity contribution < 1.29 is 51.6 Å². The third-order valence-electron chi connectivity index (χ3n) is 11.6. The molecule has 0 aromatic heterocycles. The zero-order chi connectivity index (χ0) is 40.4. The molecule has 1 saturated heterocycles. The van der Waals surface area contributed by atoms with E-state index in [-0.39, 0.29) is 30.2 Å². The summed E-state index contributed by atoms with van der Waals surface area (Å²) in [7, 11) is 3.56. The van der Waals surface area contributed by atoms with E-state index in [1.807, 2.05) is 14.0 Å². The molecule has 6 atom stereocenters. The number of benzene rings is 3. The van der Waals surface area contributed by atoms with Crippen LogP contribution in [0.25, 0.3) is 6.08 Å². The monoisotopic (exact) mass is 778 g/mol. The van der Waals surface area contributed by atoms with Crippen molar-refractivity contribution in [3.8, 4) is 28.7 Å². The quantitative estimate of drug-likeness (QED) is 0.157. The van der Waals surface area contributed by atoms with Crippen LogP contribution in [0, 0.1) is 13.8 Å². The van der Waals surface area contributed by atoms with Crippen molar-refractivity contribution >= 4 is 23.9 Å². The highest BCUT2D eigenvalue weighted by molar-refractivity contribution is 5.95. The summed E-state index contributed by atoms with van der Waals surface area (Å²) in [6.45, 7) is 8.50. The Morgan fingerprint density at radius 3 is 2.50 bits per heavy atom. The van der Waals surface area contributed by atoms with E-state index >= 15 is 0 Å². The fourth-order valence-electron chi connectivity index (χ4n) is 9.13. The molecule has 2 amide bonds. The highest BCUT2D eigenvalue weighted by atomic mass is 19.4. The number of phenols is 1. The number of ether oxygens (including phenoxy) is 4. The summed E-state index contributed by atoms with van der Waals surface area (Å²) >= 11 is 0. The highest BCUT2D eigenvalue weighted by Crippen LogP contribution is 2.57. The van der Waals surface area contributed by atoms with Crippen molar-refractivity contribution in [2.75, 3.05) is 21.0 Å². The smallest absolute Gasteiger partial charge is 0.416 e. The van der Waals surface area contributed by atoms with E-state index in [9.17, 15) is 32.7 Å². The number of amides is 2. The predicted molar refractivity (Wildman–Crippen MR) is 198 cm³/mol. The molecule has 0 radical (unpaired) electrons. The first-order chi connectivity index (χ1) is 26.5. The van der Waals surface area contributed by atoms with E-state index in [1.54, 1.807) is 6.92 Å². The molecule has 4 aliphatic heterocycles. The number of likely N-dealkylation sites (N-methyl/N-ethyl adjacent to an activating group) is 1. The van der Waals surface area contributed by atoms with Crippen LogP contribution in [0.15, 0.2) is 36.4 Å². The van der Waals surface area contributed by atoms with Gasteiger partial charge in [-0.15, -0.1) is 0 Å². The largest absolute Gasteiger partial charge is 0.504 e. The number of nitrogens with zero attached hydrogens (tertiary/aromatic N) is 2. The van der Waals surface area contributed by atoms with Crippen molar-refractivity contribution in [3.05, 3.63) is 80.9 Å². The van der Waals surface area contributed by atoms with E-state index in [0.717, 1.165) is 41.3 Å². The maximum absolute atomic E-state index is 14.2. The van der Waals surface area contributed by atoms with Crippen LogP contribution < -0.4 is 29.6 Å². The number of piperazine rings is 1. The molecule has 2 bridgehead atoms. The summed E-state index contributed by atoms with van der Waals surface area (Å²) in [4.78, 5) is 44.3. The lowest BCUT2D eigenvalue weighted by molar-refractivity contribution is -0.137. The molecule has 12 nitrogen and oxygen atoms in total. The number of methoxy groups -OCH3 is 1. The van der Waals surface area contributed by atoms with Gasteiger partial charge in [0.15, 0.2) is 23.0 Å². The van der Waals surface area contributed by atoms with Gasteiger partial charge < -0.3 is 34.7 Å². The molecule has 15 heteroatoms. The first-order valence-electron chi connectivity index (χ1n) is 18.5. The number of aromatic hydroxyl groups is 1. The van der Waals surface area contributed by atoms with Gasteiger partial charge in [0.05, 0.1) is 18.7 Å². The average molecular weight is 779 g/mol. The lowest BCUT2D eigenvalue weighted by Crippen LogP contribution is -2.67. The molecule has 3 N–H and O–H groups in total. The van der Waals surface area contributed by atoms with Gasteiger partial charge in [-0.1, -0.05) is 18.2 Å². The second-order valence-electron chi connectivity index (χ2n) is 14.9. The molecule has 1 unspecified atom stereocenters. The average Bonchev–Trinajstić information content (AvgIpc) is 3.59. The maximum Gasteiger partial charge on any atom is 0.416 e. The minimum atomic E-state index is -4.54. The fraction of sp³-hybridized carbons (Fsp3) is 0.439. The van der Waals surface area contributed by atoms with Gasteiger partial charge >= 0.3 is 12.1 Å². The van der Waals surface area contributed by atoms with Crippen LogP contribution in [0.2, 0.25) is 0 Å². The maximum atomic E-state index is 14.2. The third-order valence-corrected chi connectivity index (χ3v) is 11.6. The van der Waals surface area contributed by atoms with Crippen LogP contribution >= 0.6 is 0 Å². The SMILES string of the molecule is COc1c(C)cc2c(c1O)[C@@H]1C3Cc4c(OC(C)=O)c(C)c5c(c4[C@H](NC(=O)[C@@H](C)NC(=O)/C=C/c4cccc(C(F)(F)F)c4)N3[C@@H](C)[C@H](CC2)N1C)OCO5. The zero-order valence-corrected chi connectivity index (χ0v) is 32.2. The van der Waals surface area contributed by atoms with Crippen LogP contribution in [-0.2, 0) is 33.4 Å². The second-order valence-corrected chi connectivity index (χ2v) is 14.9. The Hall–Kier alpha value is -5.28. The Morgan fingerprint density at radius 1 is 1.07 bits per heavy atom. The van der Waals surface area contributed by atoms with Crippen LogP contribution in [0.1, 0.15) is 83.9 Å². The zero-order valence-electron chi connectivity index (χ0n) is 32.2. The molecule has 0 spiro atoms. The summed E-state index contributed by atoms with van der Waals surface area (Å²) in [6, 6.07) is 4.53. The molecule has 0 saturated carbocycles. The first-order valence-corrected chi connectivity index (χ1v) is 18.5. The van der Waals surface area contributed by atoms with Gasteiger partial charge in [-0.3, -0.25) is 24.2 Å². The molecule has 4 aliphatic rings. The van der Waals surface area contributed by atoms with Crippen molar-refractivity contribution in [2.45, 2.75) is 96.4 Å². The standard InChI is InChI=1S/C41H45F3N4O8/c1-19-15-25-12-13-28-22(4)48-29(33(47(28)6)31(25)34(51)35(19)53-7)17-27-32(38-37(54-18-55-38)20(2)36(27)56-23(5)49)39(48)46-40(52)21(3)45-30(50)14-11-24-9-8-10-26(16-24)41(42,43)44/h8-11,14-16,21-22,28-29,33,39,51H,12-13,17-18H2,1-7H3,(H,45,50)(H,46,52)/b14-11+/t21-,22+,28+,29?,33+,39-/m1/s1. The number of hydrogen-bond donors (Lipinski definition) is 3. The Kier molecular flexibility index (Phi) is 10.2. The number of carbonyl (C=O) groups is 3. The topological polar surface area (TPSA) is 139 Å². The minimum absolute atomic E-state index is 0.0305. The van der Waals surface area contributed by atoms with Crippen LogP contribution in [0.3, 0.4) is 0 Å². The Morgan fingerprint density at radius 2 is 1.80 bits per heavy atom. The lowest BCUT2D eigenvalue weighted by atomic mass is 9.78. The molecule has 56 heavy (non-hydrogen) atoms. The number of rotatable bonds is 7. The highest BCUT2D eigenvalue weighted by Gasteiger charge is 2.55. The molecular formula is C41H45F3N4O8. The summed E-state index contributed by atoms with van der Waals surface area (Å²) in [5.41, 5.74) is 3.62. The predicted octanol–water partition coefficient (Wildman–Crippen LogP) is 5.64. The van der Waals surface area contributed by atoms with Crippen LogP contribution in [0.5, 0.6) is 28.7 Å². The number of carbonyl (C=O) groups excluding carboxylic acids is 3. The normalized spacial score (nSPS) is 23.4. The van der Waals surface area contributed by atoms with Gasteiger partial charge in [-0.25, -0.2) is 0 Å². The van der Waals surface area contributed by atoms with Crippen molar-refractivity contribution in [1.82, 2.24) is 20.4 Å². The van der Waals surface area contributed by atoms with Crippen molar-refractivity contribution in [3.63, 3.8) is 0 Å². The number of esters is 1. The van der Waals surface area contributed by atoms with Crippen molar-refractivity contribution in [2.24, 2.45) is 0 Å². The Labute approximate surface area is 322 Å². The number of alkyl halides is 3. The van der Waals surface area contributed by atoms with E-state index in [0.29, 0.717) is 52.5 Å². The molecular weight excluding hydrogens is 733 g/mol. The van der Waals surface area contributed by atoms with Crippen LogP contribution in [-0.4, -0.2) is 77.8 Å². The Balaban J connectivity index is 1.29. The summed E-state index contributed by atoms with van der Waals surface area (Å²) in [5.74, 6) is -0.251. The molecule has 1 fully saturated rings. The molecule has 3 aromatic carbocycles. The number of hydrogen-bond acceptors (Lipinski definition) is 10. The Bertz CT molecular complexity index is 2140. The van der Waals surface area contributed by atoms with E-state index in [2.05, 4.69) is 33.4 Å². The number of phenolic OH excluding ortho intramolecular Hbond substituents is 1. The summed E-state index contributed by atoms with van der Waals surface area (Å²) < 4.78 is 63.3. The second kappa shape index (κ2) is 14.7. The van der Waals surface area contributed by atoms with E-state index < -0.39 is 53.8 Å². The number of fused-ring (bicyclic) bond motifs is 9. The van der Waals surface area contributed by atoms with Crippen molar-refractivity contribution in [1.29, 1.82) is 0 Å². The minimum Gasteiger partial charge on any atom is -0.504 e. The number of nitrogens with one attached hydrogen (secondary N) is 2. The van der Waals surface area contributed by atoms with Gasteiger partial charge in [-0.05, 0) is 88.9 Å². The van der Waals surface area contributed by atoms with E-state index in [1.165, 1.54) is 39.2 Å². The third kappa shape index (κ3) is 6.70. The molecule has 3 aromatic rings. The van der Waals surface area contributed by atoms with Crippen LogP contribution in [0.4, 0.5) is 13.2 Å². The molecule has 298 valence electrons. The summed E-state index contributed by atoms with van der Waals surface area (Å²) in [6.07, 6.45) is -1.33. The number of halogens is 3. The van der Waals surface area contributed by atoms with E-state index in [4.69, 9.17) is 18.9 Å². The van der Waals surface area contributed by atoms with Gasteiger partial charge in [0.1, 0.15) is 18.0 Å². The summed E-state index contributed by atoms with van der Waals surface area (Å²) in [5, 5.41) is 17.7. The molecule has 0 aliphatic carbocycles. The fourth-order valence-corrected chi connectivity index (χ4v) is 9.13.